The van der Waals surface area contributed by atoms with Crippen LogP contribution in [-0.2, 0) is 16.1 Å². The van der Waals surface area contributed by atoms with Crippen LogP contribution in [-0.4, -0.2) is 99.3 Å². The Hall–Kier alpha value is -2.93. The number of carbonyl (C=O) groups is 1. The molecule has 0 bridgehead atoms. The third kappa shape index (κ3) is 5.06. The van der Waals surface area contributed by atoms with E-state index < -0.39 is 6.10 Å². The van der Waals surface area contributed by atoms with Crippen molar-refractivity contribution in [3.8, 4) is 11.4 Å². The minimum atomic E-state index is -0.953. The van der Waals surface area contributed by atoms with Gasteiger partial charge in [-0.05, 0) is 19.9 Å². The van der Waals surface area contributed by atoms with Crippen LogP contribution in [0.3, 0.4) is 0 Å². The van der Waals surface area contributed by atoms with Crippen LogP contribution < -0.4 is 10.6 Å². The molecule has 0 aliphatic carbocycles. The van der Waals surface area contributed by atoms with Gasteiger partial charge in [0.2, 0.25) is 5.95 Å². The molecule has 0 aromatic carbocycles. The molecule has 3 N–H and O–H groups in total. The zero-order valence-electron chi connectivity index (χ0n) is 20.0. The average molecular weight is 499 g/mol. The van der Waals surface area contributed by atoms with E-state index in [0.717, 1.165) is 60.0 Å². The van der Waals surface area contributed by atoms with Crippen LogP contribution in [0.5, 0.6) is 0 Å². The number of aryl methyl sites for hydroxylation is 1. The monoisotopic (exact) mass is 498 g/mol. The number of morpholine rings is 1. The molecule has 0 spiro atoms. The number of nitrogens with two attached hydrogens (primary N) is 1. The molecule has 2 fully saturated rings. The van der Waals surface area contributed by atoms with Crippen molar-refractivity contribution in [3.05, 3.63) is 22.8 Å². The van der Waals surface area contributed by atoms with Crippen LogP contribution in [0, 0.1) is 6.92 Å². The number of carbonyl (C=O) groups excluding carboxylic acids is 1. The molecule has 0 saturated carbocycles. The Morgan fingerprint density at radius 3 is 2.60 bits per heavy atom. The maximum atomic E-state index is 12.1. The van der Waals surface area contributed by atoms with Gasteiger partial charge in [-0.15, -0.1) is 11.3 Å². The highest BCUT2D eigenvalue weighted by Crippen LogP contribution is 2.35. The van der Waals surface area contributed by atoms with E-state index in [1.54, 1.807) is 22.4 Å². The highest BCUT2D eigenvalue weighted by molar-refractivity contribution is 7.19. The SMILES string of the molecule is Cc1nc(N)ncc1-c1nc(N2CCOCC2)c2sc(CN3CCN(C(=O)C(C)O)CC3)cc2n1. The predicted octanol–water partition coefficient (Wildman–Crippen LogP) is 0.901. The zero-order chi connectivity index (χ0) is 24.5. The van der Waals surface area contributed by atoms with E-state index in [9.17, 15) is 9.90 Å². The zero-order valence-corrected chi connectivity index (χ0v) is 20.8. The van der Waals surface area contributed by atoms with Gasteiger partial charge in [-0.25, -0.2) is 19.9 Å². The second kappa shape index (κ2) is 9.97. The molecule has 1 atom stereocenters. The lowest BCUT2D eigenvalue weighted by atomic mass is 10.2. The topological polar surface area (TPSA) is 134 Å². The summed E-state index contributed by atoms with van der Waals surface area (Å²) in [4.78, 5) is 37.9. The summed E-state index contributed by atoms with van der Waals surface area (Å²) in [5.41, 5.74) is 8.16. The lowest BCUT2D eigenvalue weighted by Crippen LogP contribution is -2.50. The lowest BCUT2D eigenvalue weighted by Gasteiger charge is -2.35. The largest absolute Gasteiger partial charge is 0.384 e. The van der Waals surface area contributed by atoms with Gasteiger partial charge in [0.15, 0.2) is 11.6 Å². The van der Waals surface area contributed by atoms with Crippen molar-refractivity contribution >= 4 is 39.2 Å². The Morgan fingerprint density at radius 2 is 1.91 bits per heavy atom. The molecule has 186 valence electrons. The number of piperazine rings is 1. The van der Waals surface area contributed by atoms with Gasteiger partial charge >= 0.3 is 0 Å². The van der Waals surface area contributed by atoms with Crippen LogP contribution in [0.4, 0.5) is 11.8 Å². The van der Waals surface area contributed by atoms with Gasteiger partial charge in [-0.1, -0.05) is 0 Å². The molecule has 11 nitrogen and oxygen atoms in total. The highest BCUT2D eigenvalue weighted by atomic mass is 32.1. The first-order chi connectivity index (χ1) is 16.9. The maximum absolute atomic E-state index is 12.1. The van der Waals surface area contributed by atoms with Crippen molar-refractivity contribution in [1.29, 1.82) is 0 Å². The standard InChI is InChI=1S/C23H30N8O3S/c1-14-17(12-25-23(24)26-14)20-27-18-11-16(13-29-3-5-31(6-4-29)22(33)15(2)32)35-19(18)21(28-20)30-7-9-34-10-8-30/h11-12,15,32H,3-10,13H2,1-2H3,(H2,24,25,26). The molecule has 0 radical (unpaired) electrons. The first-order valence-corrected chi connectivity index (χ1v) is 12.6. The molecular formula is C23H30N8O3S. The molecule has 2 aliphatic heterocycles. The van der Waals surface area contributed by atoms with Crippen molar-refractivity contribution in [2.45, 2.75) is 26.5 Å². The third-order valence-electron chi connectivity index (χ3n) is 6.38. The molecule has 3 aromatic rings. The fourth-order valence-corrected chi connectivity index (χ4v) is 5.62. The normalized spacial score (nSPS) is 18.3. The number of amides is 1. The molecule has 12 heteroatoms. The van der Waals surface area contributed by atoms with Crippen LogP contribution in [0.15, 0.2) is 12.3 Å². The second-order valence-corrected chi connectivity index (χ2v) is 10.0. The third-order valence-corrected chi connectivity index (χ3v) is 7.48. The Labute approximate surface area is 207 Å². The predicted molar refractivity (Wildman–Crippen MR) is 134 cm³/mol. The van der Waals surface area contributed by atoms with E-state index >= 15 is 0 Å². The van der Waals surface area contributed by atoms with Crippen LogP contribution in [0.1, 0.15) is 17.5 Å². The lowest BCUT2D eigenvalue weighted by molar-refractivity contribution is -0.141. The summed E-state index contributed by atoms with van der Waals surface area (Å²) < 4.78 is 6.62. The Balaban J connectivity index is 1.43. The van der Waals surface area contributed by atoms with E-state index in [-0.39, 0.29) is 11.9 Å². The Morgan fingerprint density at radius 1 is 1.17 bits per heavy atom. The minimum Gasteiger partial charge on any atom is -0.384 e. The van der Waals surface area contributed by atoms with Crippen LogP contribution >= 0.6 is 11.3 Å². The Kier molecular flexibility index (Phi) is 6.78. The molecule has 2 saturated heterocycles. The smallest absolute Gasteiger partial charge is 0.251 e. The number of aliphatic hydroxyl groups excluding tert-OH is 1. The first kappa shape index (κ1) is 23.8. The van der Waals surface area contributed by atoms with Gasteiger partial charge in [-0.3, -0.25) is 9.69 Å². The number of rotatable bonds is 5. The van der Waals surface area contributed by atoms with E-state index in [2.05, 4.69) is 25.8 Å². The van der Waals surface area contributed by atoms with Gasteiger partial charge in [0.1, 0.15) is 6.10 Å². The fourth-order valence-electron chi connectivity index (χ4n) is 4.47. The van der Waals surface area contributed by atoms with Gasteiger partial charge in [0.25, 0.3) is 5.91 Å². The number of ether oxygens (including phenoxy) is 1. The number of nitrogens with zero attached hydrogens (tertiary/aromatic N) is 7. The highest BCUT2D eigenvalue weighted by Gasteiger charge is 2.25. The summed E-state index contributed by atoms with van der Waals surface area (Å²) in [7, 11) is 0. The van der Waals surface area contributed by atoms with E-state index in [0.29, 0.717) is 32.1 Å². The summed E-state index contributed by atoms with van der Waals surface area (Å²) in [5, 5.41) is 9.58. The second-order valence-electron chi connectivity index (χ2n) is 8.90. The van der Waals surface area contributed by atoms with Gasteiger partial charge in [0, 0.05) is 56.9 Å². The van der Waals surface area contributed by atoms with Crippen molar-refractivity contribution in [2.75, 3.05) is 63.1 Å². The van der Waals surface area contributed by atoms with Crippen molar-refractivity contribution in [3.63, 3.8) is 0 Å². The van der Waals surface area contributed by atoms with Gasteiger partial charge in [-0.2, -0.15) is 0 Å². The number of anilines is 2. The molecule has 1 unspecified atom stereocenters. The number of fused-ring (bicyclic) bond motifs is 1. The molecule has 1 amide bonds. The van der Waals surface area contributed by atoms with E-state index in [4.69, 9.17) is 20.4 Å². The number of hydrogen-bond donors (Lipinski definition) is 2. The van der Waals surface area contributed by atoms with Crippen molar-refractivity contribution in [2.24, 2.45) is 0 Å². The Bertz CT molecular complexity index is 1220. The van der Waals surface area contributed by atoms with Gasteiger partial charge in [0.05, 0.1) is 34.7 Å². The molecule has 3 aromatic heterocycles. The number of aliphatic hydroxyl groups is 1. The number of aromatic nitrogens is 4. The first-order valence-electron chi connectivity index (χ1n) is 11.8. The van der Waals surface area contributed by atoms with E-state index in [1.807, 2.05) is 6.92 Å². The van der Waals surface area contributed by atoms with E-state index in [1.165, 1.54) is 11.8 Å². The van der Waals surface area contributed by atoms with Crippen molar-refractivity contribution in [1.82, 2.24) is 29.7 Å². The maximum Gasteiger partial charge on any atom is 0.251 e. The molecule has 35 heavy (non-hydrogen) atoms. The summed E-state index contributed by atoms with van der Waals surface area (Å²) in [5.74, 6) is 1.53. The number of nitrogen functional groups attached to an aromatic ring is 1. The molecule has 5 rings (SSSR count). The summed E-state index contributed by atoms with van der Waals surface area (Å²) in [6.07, 6.45) is 0.731. The summed E-state index contributed by atoms with van der Waals surface area (Å²) >= 11 is 1.71. The summed E-state index contributed by atoms with van der Waals surface area (Å²) in [6.45, 7) is 9.83. The average Bonchev–Trinajstić information content (AvgIpc) is 3.26. The molecule has 2 aliphatic rings. The molecular weight excluding hydrogens is 468 g/mol. The van der Waals surface area contributed by atoms with Gasteiger partial charge < -0.3 is 25.4 Å². The van der Waals surface area contributed by atoms with Crippen LogP contribution in [0.2, 0.25) is 0 Å². The number of hydrogen-bond acceptors (Lipinski definition) is 11. The van der Waals surface area contributed by atoms with Crippen LogP contribution in [0.25, 0.3) is 21.6 Å². The quantitative estimate of drug-likeness (QED) is 0.522. The molecule has 5 heterocycles. The number of thiophene rings is 1. The minimum absolute atomic E-state index is 0.202. The fraction of sp³-hybridized carbons (Fsp3) is 0.522. The van der Waals surface area contributed by atoms with Crippen molar-refractivity contribution < 1.29 is 14.6 Å². The summed E-state index contributed by atoms with van der Waals surface area (Å²) in [6, 6.07) is 2.13.